The summed E-state index contributed by atoms with van der Waals surface area (Å²) in [6.45, 7) is 0. The van der Waals surface area contributed by atoms with Crippen LogP contribution in [0.25, 0.3) is 86.4 Å². The molecular weight excluding hydrogens is 578 g/mol. The van der Waals surface area contributed by atoms with Gasteiger partial charge in [0.15, 0.2) is 11.6 Å². The summed E-state index contributed by atoms with van der Waals surface area (Å²) in [5.41, 5.74) is 4.31. The van der Waals surface area contributed by atoms with Gasteiger partial charge in [0.2, 0.25) is 5.28 Å². The predicted molar refractivity (Wildman–Crippen MR) is 187 cm³/mol. The first-order chi connectivity index (χ1) is 21.7. The van der Waals surface area contributed by atoms with E-state index in [9.17, 15) is 0 Å². The fraction of sp³-hybridized carbons (Fsp3) is 0. The van der Waals surface area contributed by atoms with Crippen molar-refractivity contribution in [3.63, 3.8) is 0 Å². The molecule has 2 heterocycles. The predicted octanol–water partition coefficient (Wildman–Crippen LogP) is 11.4. The highest BCUT2D eigenvalue weighted by Crippen LogP contribution is 2.49. The Labute approximate surface area is 262 Å². The lowest BCUT2D eigenvalue weighted by atomic mass is 9.93. The number of rotatable bonds is 3. The first kappa shape index (κ1) is 25.3. The number of halogens is 1. The van der Waals surface area contributed by atoms with Crippen molar-refractivity contribution in [1.82, 2.24) is 15.0 Å². The summed E-state index contributed by atoms with van der Waals surface area (Å²) in [5, 5.41) is 9.72. The maximum atomic E-state index is 6.63. The van der Waals surface area contributed by atoms with Crippen molar-refractivity contribution >= 4 is 75.4 Å². The zero-order valence-corrected chi connectivity index (χ0v) is 24.9. The number of hydrogen-bond acceptors (Lipinski definition) is 4. The molecule has 0 N–H and O–H groups in total. The Kier molecular flexibility index (Phi) is 5.73. The highest BCUT2D eigenvalue weighted by Gasteiger charge is 2.21. The van der Waals surface area contributed by atoms with Crippen LogP contribution in [0.2, 0.25) is 5.28 Å². The summed E-state index contributed by atoms with van der Waals surface area (Å²) < 4.78 is 2.38. The maximum Gasteiger partial charge on any atom is 0.226 e. The molecule has 0 unspecified atom stereocenters. The topological polar surface area (TPSA) is 38.7 Å². The Bertz CT molecular complexity index is 2570. The monoisotopic (exact) mass is 599 g/mol. The van der Waals surface area contributed by atoms with Gasteiger partial charge in [0.1, 0.15) is 0 Å². The largest absolute Gasteiger partial charge is 0.226 e. The maximum absolute atomic E-state index is 6.63. The van der Waals surface area contributed by atoms with Crippen molar-refractivity contribution in [1.29, 1.82) is 0 Å². The number of aromatic nitrogens is 3. The minimum Gasteiger partial charge on any atom is -0.208 e. The first-order valence-corrected chi connectivity index (χ1v) is 15.7. The summed E-state index contributed by atoms with van der Waals surface area (Å²) in [6, 6.07) is 47.0. The molecule has 0 radical (unpaired) electrons. The minimum absolute atomic E-state index is 0.177. The standard InChI is InChI=1S/C39H22ClN3S/c40-39-42-37(28-19-18-23-10-4-5-13-25(23)20-28)41-38(43-39)32-22-27-15-7-9-17-30(27)34-31-21-26-14-6-8-16-29(26)33(35(31)44-36(32)34)24-11-2-1-3-12-24/h1-22H. The van der Waals surface area contributed by atoms with E-state index in [0.717, 1.165) is 26.6 Å². The van der Waals surface area contributed by atoms with Gasteiger partial charge < -0.3 is 0 Å². The van der Waals surface area contributed by atoms with Crippen LogP contribution >= 0.6 is 22.9 Å². The molecule has 9 aromatic rings. The molecule has 0 aliphatic carbocycles. The molecule has 44 heavy (non-hydrogen) atoms. The van der Waals surface area contributed by atoms with Crippen LogP contribution in [0.4, 0.5) is 0 Å². The van der Waals surface area contributed by atoms with Gasteiger partial charge in [-0.2, -0.15) is 9.97 Å². The highest BCUT2D eigenvalue weighted by molar-refractivity contribution is 7.27. The van der Waals surface area contributed by atoms with Gasteiger partial charge in [-0.25, -0.2) is 4.98 Å². The molecule has 0 spiro atoms. The van der Waals surface area contributed by atoms with Crippen LogP contribution in [0.3, 0.4) is 0 Å². The molecule has 0 atom stereocenters. The van der Waals surface area contributed by atoms with E-state index in [4.69, 9.17) is 21.6 Å². The molecule has 0 amide bonds. The zero-order valence-electron chi connectivity index (χ0n) is 23.3. The van der Waals surface area contributed by atoms with E-state index in [1.165, 1.54) is 48.1 Å². The summed E-state index contributed by atoms with van der Waals surface area (Å²) in [7, 11) is 0. The molecular formula is C39H22ClN3S. The van der Waals surface area contributed by atoms with Crippen molar-refractivity contribution in [2.75, 3.05) is 0 Å². The van der Waals surface area contributed by atoms with Crippen LogP contribution in [0.5, 0.6) is 0 Å². The highest BCUT2D eigenvalue weighted by atomic mass is 35.5. The average Bonchev–Trinajstić information content (AvgIpc) is 3.46. The number of thiophene rings is 1. The van der Waals surface area contributed by atoms with Gasteiger partial charge >= 0.3 is 0 Å². The van der Waals surface area contributed by atoms with Gasteiger partial charge in [0, 0.05) is 36.9 Å². The molecule has 7 aromatic carbocycles. The number of hydrogen-bond donors (Lipinski definition) is 0. The van der Waals surface area contributed by atoms with Gasteiger partial charge in [0.05, 0.1) is 0 Å². The Balaban J connectivity index is 1.38. The molecule has 0 aliphatic rings. The molecule has 0 aliphatic heterocycles. The number of fused-ring (bicyclic) bond motifs is 7. The van der Waals surface area contributed by atoms with Crippen LogP contribution < -0.4 is 0 Å². The normalized spacial score (nSPS) is 11.8. The molecule has 5 heteroatoms. The summed E-state index contributed by atoms with van der Waals surface area (Å²) in [6.07, 6.45) is 0. The van der Waals surface area contributed by atoms with Crippen LogP contribution in [-0.2, 0) is 0 Å². The first-order valence-electron chi connectivity index (χ1n) is 14.5. The molecule has 0 saturated carbocycles. The molecule has 3 nitrogen and oxygen atoms in total. The fourth-order valence-corrected chi connectivity index (χ4v) is 7.96. The molecule has 206 valence electrons. The lowest BCUT2D eigenvalue weighted by molar-refractivity contribution is 1.07. The summed E-state index contributed by atoms with van der Waals surface area (Å²) in [4.78, 5) is 14.3. The third-order valence-electron chi connectivity index (χ3n) is 8.40. The second-order valence-corrected chi connectivity index (χ2v) is 12.3. The second kappa shape index (κ2) is 9.95. The van der Waals surface area contributed by atoms with Gasteiger partial charge in [-0.1, -0.05) is 115 Å². The van der Waals surface area contributed by atoms with E-state index in [-0.39, 0.29) is 5.28 Å². The lowest BCUT2D eigenvalue weighted by Crippen LogP contribution is -1.97. The van der Waals surface area contributed by atoms with Crippen LogP contribution in [0, 0.1) is 0 Å². The Hall–Kier alpha value is -5.16. The summed E-state index contributed by atoms with van der Waals surface area (Å²) in [5.74, 6) is 1.13. The van der Waals surface area contributed by atoms with Crippen LogP contribution in [-0.4, -0.2) is 15.0 Å². The third-order valence-corrected chi connectivity index (χ3v) is 9.82. The van der Waals surface area contributed by atoms with Crippen LogP contribution in [0.15, 0.2) is 133 Å². The quantitative estimate of drug-likeness (QED) is 0.203. The van der Waals surface area contributed by atoms with E-state index in [1.54, 1.807) is 11.3 Å². The van der Waals surface area contributed by atoms with Gasteiger partial charge in [-0.3, -0.25) is 0 Å². The summed E-state index contributed by atoms with van der Waals surface area (Å²) >= 11 is 8.43. The SMILES string of the molecule is Clc1nc(-c2ccc3ccccc3c2)nc(-c2cc3ccccc3c3c2sc2c(-c4ccccc4)c4ccccc4cc23)n1. The minimum atomic E-state index is 0.177. The van der Waals surface area contributed by atoms with E-state index < -0.39 is 0 Å². The molecule has 2 aromatic heterocycles. The van der Waals surface area contributed by atoms with Crippen LogP contribution in [0.1, 0.15) is 0 Å². The van der Waals surface area contributed by atoms with Gasteiger partial charge in [-0.15, -0.1) is 11.3 Å². The third kappa shape index (κ3) is 3.99. The van der Waals surface area contributed by atoms with Gasteiger partial charge in [0.25, 0.3) is 0 Å². The molecule has 9 rings (SSSR count). The van der Waals surface area contributed by atoms with Crippen molar-refractivity contribution < 1.29 is 0 Å². The van der Waals surface area contributed by atoms with E-state index in [0.29, 0.717) is 11.6 Å². The molecule has 0 bridgehead atoms. The Morgan fingerprint density at radius 2 is 1.11 bits per heavy atom. The van der Waals surface area contributed by atoms with Crippen molar-refractivity contribution in [3.05, 3.63) is 139 Å². The molecule has 0 fully saturated rings. The van der Waals surface area contributed by atoms with Crippen molar-refractivity contribution in [3.8, 4) is 33.9 Å². The lowest BCUT2D eigenvalue weighted by Gasteiger charge is -2.10. The van der Waals surface area contributed by atoms with E-state index in [1.807, 2.05) is 18.2 Å². The second-order valence-electron chi connectivity index (χ2n) is 11.0. The average molecular weight is 600 g/mol. The Morgan fingerprint density at radius 1 is 0.455 bits per heavy atom. The van der Waals surface area contributed by atoms with Crippen molar-refractivity contribution in [2.24, 2.45) is 0 Å². The zero-order chi connectivity index (χ0) is 29.2. The smallest absolute Gasteiger partial charge is 0.208 e. The van der Waals surface area contributed by atoms with E-state index in [2.05, 4.69) is 120 Å². The number of nitrogens with zero attached hydrogens (tertiary/aromatic N) is 3. The number of benzene rings is 7. The van der Waals surface area contributed by atoms with Gasteiger partial charge in [-0.05, 0) is 67.7 Å². The Morgan fingerprint density at radius 3 is 1.93 bits per heavy atom. The van der Waals surface area contributed by atoms with E-state index >= 15 is 0 Å². The molecule has 0 saturated heterocycles. The fourth-order valence-electron chi connectivity index (χ4n) is 6.41. The van der Waals surface area contributed by atoms with Crippen molar-refractivity contribution in [2.45, 2.75) is 0 Å².